The number of hydrogen-bond acceptors (Lipinski definition) is 3. The lowest BCUT2D eigenvalue weighted by molar-refractivity contribution is -0.289. The predicted molar refractivity (Wildman–Crippen MR) is 50.2 cm³/mol. The third kappa shape index (κ3) is 3.44. The predicted octanol–water partition coefficient (Wildman–Crippen LogP) is 3.35. The summed E-state index contributed by atoms with van der Waals surface area (Å²) in [6.45, 7) is 1.03. The largest absolute Gasteiger partial charge is 0.461 e. The van der Waals surface area contributed by atoms with E-state index in [2.05, 4.69) is 9.47 Å². The molecule has 21 heavy (non-hydrogen) atoms. The first kappa shape index (κ1) is 17.7. The third-order valence-corrected chi connectivity index (χ3v) is 2.38. The van der Waals surface area contributed by atoms with Crippen LogP contribution in [0.1, 0.15) is 13.3 Å². The van der Waals surface area contributed by atoms with Gasteiger partial charge in [-0.05, 0) is 6.92 Å². The number of carbonyl (C=O) groups excluding carboxylic acids is 1. The van der Waals surface area contributed by atoms with Crippen LogP contribution in [0.4, 0.5) is 35.1 Å². The zero-order valence-corrected chi connectivity index (χ0v) is 10.2. The lowest BCUT2D eigenvalue weighted by atomic mass is 10.00. The number of carbonyl (C=O) groups is 1. The number of ether oxygens (including phenoxy) is 2. The van der Waals surface area contributed by atoms with E-state index in [1.54, 1.807) is 0 Å². The monoisotopic (exact) mass is 328 g/mol. The second kappa shape index (κ2) is 5.43. The molecule has 3 nitrogen and oxygen atoms in total. The minimum Gasteiger partial charge on any atom is -0.461 e. The molecule has 0 aromatic carbocycles. The summed E-state index contributed by atoms with van der Waals surface area (Å²) in [6.07, 6.45) is -15.1. The van der Waals surface area contributed by atoms with E-state index < -0.39 is 48.1 Å². The van der Waals surface area contributed by atoms with Crippen LogP contribution >= 0.6 is 0 Å². The Kier molecular flexibility index (Phi) is 4.56. The minimum absolute atomic E-state index is 0.260. The molecule has 1 heterocycles. The SMILES string of the molecule is CCOC1CC(=O)C(C(F)(F)F)=C(C(F)(F)C(F)(F)F)O1. The summed E-state index contributed by atoms with van der Waals surface area (Å²) < 4.78 is 109. The van der Waals surface area contributed by atoms with E-state index in [0.717, 1.165) is 0 Å². The second-order valence-corrected chi connectivity index (χ2v) is 3.90. The van der Waals surface area contributed by atoms with E-state index in [-0.39, 0.29) is 6.61 Å². The molecule has 1 aliphatic heterocycles. The van der Waals surface area contributed by atoms with Crippen LogP contribution in [0.15, 0.2) is 11.3 Å². The summed E-state index contributed by atoms with van der Waals surface area (Å²) in [6, 6.07) is 0. The molecule has 122 valence electrons. The van der Waals surface area contributed by atoms with Gasteiger partial charge in [-0.3, -0.25) is 4.79 Å². The topological polar surface area (TPSA) is 35.5 Å². The highest BCUT2D eigenvalue weighted by atomic mass is 19.4. The van der Waals surface area contributed by atoms with Gasteiger partial charge in [0.2, 0.25) is 6.29 Å². The summed E-state index contributed by atoms with van der Waals surface area (Å²) in [7, 11) is 0. The maximum absolute atomic E-state index is 13.2. The Morgan fingerprint density at radius 3 is 2.05 bits per heavy atom. The number of halogens is 8. The molecule has 0 radical (unpaired) electrons. The van der Waals surface area contributed by atoms with E-state index in [1.165, 1.54) is 6.92 Å². The number of rotatable bonds is 3. The molecule has 0 saturated heterocycles. The molecule has 0 spiro atoms. The third-order valence-electron chi connectivity index (χ3n) is 2.38. The molecule has 11 heteroatoms. The average molecular weight is 328 g/mol. The van der Waals surface area contributed by atoms with Gasteiger partial charge in [-0.1, -0.05) is 0 Å². The van der Waals surface area contributed by atoms with Crippen molar-refractivity contribution in [3.05, 3.63) is 11.3 Å². The molecule has 0 aliphatic carbocycles. The van der Waals surface area contributed by atoms with Crippen molar-refractivity contribution in [1.82, 2.24) is 0 Å². The fourth-order valence-corrected chi connectivity index (χ4v) is 1.54. The minimum atomic E-state index is -6.35. The molecular weight excluding hydrogens is 320 g/mol. The summed E-state index contributed by atoms with van der Waals surface area (Å²) in [5.41, 5.74) is -2.65. The molecular formula is C10H8F8O3. The Labute approximate surface area is 112 Å². The van der Waals surface area contributed by atoms with Crippen LogP contribution in [0.5, 0.6) is 0 Å². The molecule has 1 unspecified atom stereocenters. The van der Waals surface area contributed by atoms with Crippen LogP contribution in [0.2, 0.25) is 0 Å². The molecule has 0 N–H and O–H groups in total. The maximum Gasteiger partial charge on any atom is 0.461 e. The number of allylic oxidation sites excluding steroid dienone is 2. The zero-order valence-electron chi connectivity index (χ0n) is 10.2. The summed E-state index contributed by atoms with van der Waals surface area (Å²) >= 11 is 0. The van der Waals surface area contributed by atoms with Gasteiger partial charge >= 0.3 is 18.3 Å². The van der Waals surface area contributed by atoms with E-state index in [1.807, 2.05) is 0 Å². The lowest BCUT2D eigenvalue weighted by Gasteiger charge is -2.32. The van der Waals surface area contributed by atoms with E-state index >= 15 is 0 Å². The Morgan fingerprint density at radius 2 is 1.67 bits per heavy atom. The van der Waals surface area contributed by atoms with Gasteiger partial charge in [0.25, 0.3) is 0 Å². The summed E-state index contributed by atoms with van der Waals surface area (Å²) in [5.74, 6) is -10.7. The van der Waals surface area contributed by atoms with Crippen molar-refractivity contribution in [3.8, 4) is 0 Å². The molecule has 1 aliphatic rings. The standard InChI is InChI=1S/C10H8F8O3/c1-2-20-5-3-4(19)6(9(13,14)15)7(21-5)8(11,12)10(16,17)18/h5H,2-3H2,1H3. The van der Waals surface area contributed by atoms with Gasteiger partial charge in [-0.25, -0.2) is 0 Å². The molecule has 1 rings (SSSR count). The van der Waals surface area contributed by atoms with Crippen LogP contribution in [0.3, 0.4) is 0 Å². The Morgan fingerprint density at radius 1 is 1.14 bits per heavy atom. The fourth-order valence-electron chi connectivity index (χ4n) is 1.54. The first-order valence-electron chi connectivity index (χ1n) is 5.40. The number of ketones is 1. The van der Waals surface area contributed by atoms with Crippen molar-refractivity contribution in [2.75, 3.05) is 6.61 Å². The van der Waals surface area contributed by atoms with Gasteiger partial charge in [0.15, 0.2) is 11.5 Å². The highest BCUT2D eigenvalue weighted by Gasteiger charge is 2.66. The van der Waals surface area contributed by atoms with E-state index in [9.17, 15) is 39.9 Å². The van der Waals surface area contributed by atoms with Crippen LogP contribution in [-0.4, -0.2) is 37.0 Å². The molecule has 0 aromatic heterocycles. The Hall–Kier alpha value is -1.39. The maximum atomic E-state index is 13.2. The van der Waals surface area contributed by atoms with Gasteiger partial charge in [0.1, 0.15) is 5.57 Å². The van der Waals surface area contributed by atoms with E-state index in [0.29, 0.717) is 0 Å². The second-order valence-electron chi connectivity index (χ2n) is 3.90. The zero-order chi connectivity index (χ0) is 16.6. The molecule has 0 amide bonds. The highest BCUT2D eigenvalue weighted by molar-refractivity contribution is 5.98. The number of hydrogen-bond donors (Lipinski definition) is 0. The Balaban J connectivity index is 3.44. The van der Waals surface area contributed by atoms with Crippen LogP contribution in [0.25, 0.3) is 0 Å². The van der Waals surface area contributed by atoms with Gasteiger partial charge in [0.05, 0.1) is 6.42 Å². The van der Waals surface area contributed by atoms with E-state index in [4.69, 9.17) is 0 Å². The summed E-state index contributed by atoms with van der Waals surface area (Å²) in [4.78, 5) is 11.3. The van der Waals surface area contributed by atoms with Crippen molar-refractivity contribution in [1.29, 1.82) is 0 Å². The normalized spacial score (nSPS) is 21.6. The first-order valence-corrected chi connectivity index (χ1v) is 5.40. The molecule has 0 bridgehead atoms. The van der Waals surface area contributed by atoms with Crippen molar-refractivity contribution in [2.24, 2.45) is 0 Å². The number of Topliss-reactive ketones (excluding diaryl/α,β-unsaturated/α-hetero) is 1. The molecule has 1 atom stereocenters. The van der Waals surface area contributed by atoms with Crippen molar-refractivity contribution >= 4 is 5.78 Å². The average Bonchev–Trinajstić information content (AvgIpc) is 2.24. The quantitative estimate of drug-likeness (QED) is 0.746. The van der Waals surface area contributed by atoms with Crippen LogP contribution in [0, 0.1) is 0 Å². The summed E-state index contributed by atoms with van der Waals surface area (Å²) in [5, 5.41) is 0. The van der Waals surface area contributed by atoms with Crippen molar-refractivity contribution in [3.63, 3.8) is 0 Å². The van der Waals surface area contributed by atoms with Crippen molar-refractivity contribution in [2.45, 2.75) is 37.9 Å². The first-order chi connectivity index (χ1) is 9.32. The highest BCUT2D eigenvalue weighted by Crippen LogP contribution is 2.47. The van der Waals surface area contributed by atoms with Gasteiger partial charge < -0.3 is 9.47 Å². The van der Waals surface area contributed by atoms with Gasteiger partial charge in [-0.2, -0.15) is 35.1 Å². The van der Waals surface area contributed by atoms with Gasteiger partial charge in [0, 0.05) is 6.61 Å². The Bertz CT molecular complexity index is 448. The smallest absolute Gasteiger partial charge is 0.461 e. The van der Waals surface area contributed by atoms with Gasteiger partial charge in [-0.15, -0.1) is 0 Å². The van der Waals surface area contributed by atoms with Crippen LogP contribution < -0.4 is 0 Å². The molecule has 0 aromatic rings. The fraction of sp³-hybridized carbons (Fsp3) is 0.700. The van der Waals surface area contributed by atoms with Crippen LogP contribution in [-0.2, 0) is 14.3 Å². The van der Waals surface area contributed by atoms with Crippen molar-refractivity contribution < 1.29 is 49.4 Å². The molecule has 0 saturated carbocycles. The molecule has 0 fully saturated rings. The number of alkyl halides is 8. The lowest BCUT2D eigenvalue weighted by Crippen LogP contribution is -2.46.